The van der Waals surface area contributed by atoms with E-state index in [1.165, 1.54) is 0 Å². The summed E-state index contributed by atoms with van der Waals surface area (Å²) in [5.74, 6) is -5.32. The number of hydrogen-bond donors (Lipinski definition) is 4. The summed E-state index contributed by atoms with van der Waals surface area (Å²) in [6, 6.07) is 0. The van der Waals surface area contributed by atoms with Crippen molar-refractivity contribution < 1.29 is 34.7 Å². The van der Waals surface area contributed by atoms with Crippen LogP contribution in [-0.4, -0.2) is 38.5 Å². The second-order valence-corrected chi connectivity index (χ2v) is 4.15. The van der Waals surface area contributed by atoms with E-state index < -0.39 is 18.1 Å². The van der Waals surface area contributed by atoms with Crippen LogP contribution < -0.4 is 0 Å². The summed E-state index contributed by atoms with van der Waals surface area (Å²) in [7, 11) is 0. The minimum absolute atomic E-state index is 0.183. The molecule has 7 heteroatoms. The molecule has 18 heavy (non-hydrogen) atoms. The van der Waals surface area contributed by atoms with Crippen LogP contribution in [0, 0.1) is 0 Å². The third kappa shape index (κ3) is 8.24. The molecular weight excluding hydrogens is 244 g/mol. The SMILES string of the molecule is CCCCC(O)(O)OC(=O)OC(O)(O)CCCC. The van der Waals surface area contributed by atoms with E-state index in [1.54, 1.807) is 0 Å². The van der Waals surface area contributed by atoms with Crippen LogP contribution in [0.3, 0.4) is 0 Å². The highest BCUT2D eigenvalue weighted by Gasteiger charge is 2.34. The van der Waals surface area contributed by atoms with E-state index in [2.05, 4.69) is 9.47 Å². The van der Waals surface area contributed by atoms with Gasteiger partial charge >= 0.3 is 18.1 Å². The van der Waals surface area contributed by atoms with E-state index in [4.69, 9.17) is 0 Å². The van der Waals surface area contributed by atoms with Gasteiger partial charge in [0.15, 0.2) is 0 Å². The average Bonchev–Trinajstić information content (AvgIpc) is 2.22. The predicted molar refractivity (Wildman–Crippen MR) is 61.0 cm³/mol. The molecule has 7 nitrogen and oxygen atoms in total. The van der Waals surface area contributed by atoms with Gasteiger partial charge in [-0.25, -0.2) is 4.79 Å². The molecule has 4 N–H and O–H groups in total. The molecule has 0 fully saturated rings. The van der Waals surface area contributed by atoms with Crippen molar-refractivity contribution in [2.75, 3.05) is 0 Å². The molecule has 0 atom stereocenters. The van der Waals surface area contributed by atoms with E-state index in [-0.39, 0.29) is 12.8 Å². The van der Waals surface area contributed by atoms with Crippen LogP contribution in [0.4, 0.5) is 4.79 Å². The first-order chi connectivity index (χ1) is 8.22. The highest BCUT2D eigenvalue weighted by molar-refractivity contribution is 5.60. The molecule has 0 unspecified atom stereocenters. The van der Waals surface area contributed by atoms with Crippen molar-refractivity contribution in [3.8, 4) is 0 Å². The van der Waals surface area contributed by atoms with Gasteiger partial charge < -0.3 is 29.9 Å². The molecule has 0 aromatic heterocycles. The summed E-state index contributed by atoms with van der Waals surface area (Å²) in [6.45, 7) is 3.65. The van der Waals surface area contributed by atoms with E-state index in [9.17, 15) is 25.2 Å². The summed E-state index contributed by atoms with van der Waals surface area (Å²) >= 11 is 0. The molecule has 0 aromatic rings. The maximum Gasteiger partial charge on any atom is 0.516 e. The molecule has 0 heterocycles. The van der Waals surface area contributed by atoms with Gasteiger partial charge in [-0.15, -0.1) is 0 Å². The van der Waals surface area contributed by atoms with Gasteiger partial charge in [-0.1, -0.05) is 26.7 Å². The minimum Gasteiger partial charge on any atom is -0.376 e. The molecule has 0 rings (SSSR count). The summed E-state index contributed by atoms with van der Waals surface area (Å²) in [6.07, 6.45) is 0.314. The third-order valence-corrected chi connectivity index (χ3v) is 2.21. The Kier molecular flexibility index (Phi) is 7.15. The second-order valence-electron chi connectivity index (χ2n) is 4.15. The minimum atomic E-state index is -2.66. The van der Waals surface area contributed by atoms with Crippen LogP contribution in [0.25, 0.3) is 0 Å². The van der Waals surface area contributed by atoms with Crippen LogP contribution in [0.15, 0.2) is 0 Å². The quantitative estimate of drug-likeness (QED) is 0.379. The van der Waals surface area contributed by atoms with Crippen LogP contribution in [0.1, 0.15) is 52.4 Å². The maximum absolute atomic E-state index is 11.1. The Morgan fingerprint density at radius 3 is 1.50 bits per heavy atom. The Balaban J connectivity index is 4.16. The number of aliphatic hydroxyl groups is 4. The fourth-order valence-corrected chi connectivity index (χ4v) is 1.20. The predicted octanol–water partition coefficient (Wildman–Crippen LogP) is 0.797. The molecule has 0 aliphatic rings. The number of carbonyl (C=O) groups is 1. The van der Waals surface area contributed by atoms with Gasteiger partial charge in [-0.3, -0.25) is 0 Å². The lowest BCUT2D eigenvalue weighted by atomic mass is 10.2. The van der Waals surface area contributed by atoms with Crippen LogP contribution in [0.5, 0.6) is 0 Å². The standard InChI is InChI=1S/C11H22O7/c1-3-5-7-10(13,14)17-9(12)18-11(15,16)8-6-4-2/h13-16H,3-8H2,1-2H3. The Bertz CT molecular complexity index is 226. The molecular formula is C11H22O7. The largest absolute Gasteiger partial charge is 0.516 e. The smallest absolute Gasteiger partial charge is 0.376 e. The van der Waals surface area contributed by atoms with Crippen molar-refractivity contribution in [3.05, 3.63) is 0 Å². The Morgan fingerprint density at radius 2 is 1.22 bits per heavy atom. The lowest BCUT2D eigenvalue weighted by Gasteiger charge is -2.24. The molecule has 0 spiro atoms. The van der Waals surface area contributed by atoms with E-state index >= 15 is 0 Å². The molecule has 0 saturated heterocycles. The normalized spacial score (nSPS) is 12.3. The van der Waals surface area contributed by atoms with Gasteiger partial charge in [0.1, 0.15) is 0 Å². The zero-order valence-electron chi connectivity index (χ0n) is 10.8. The van der Waals surface area contributed by atoms with E-state index in [1.807, 2.05) is 13.8 Å². The summed E-state index contributed by atoms with van der Waals surface area (Å²) < 4.78 is 8.37. The number of ether oxygens (including phenoxy) is 2. The van der Waals surface area contributed by atoms with Gasteiger partial charge in [0, 0.05) is 12.8 Å². The zero-order chi connectivity index (χ0) is 14.2. The lowest BCUT2D eigenvalue weighted by Crippen LogP contribution is -2.40. The molecule has 0 bridgehead atoms. The Labute approximate surface area is 106 Å². The highest BCUT2D eigenvalue weighted by atomic mass is 16.9. The molecule has 0 aliphatic heterocycles. The van der Waals surface area contributed by atoms with E-state index in [0.29, 0.717) is 25.7 Å². The van der Waals surface area contributed by atoms with Gasteiger partial charge in [0.2, 0.25) is 0 Å². The second kappa shape index (κ2) is 7.52. The number of carbonyl (C=O) groups excluding carboxylic acids is 1. The fourth-order valence-electron chi connectivity index (χ4n) is 1.20. The molecule has 0 aromatic carbocycles. The first-order valence-corrected chi connectivity index (χ1v) is 6.04. The lowest BCUT2D eigenvalue weighted by molar-refractivity contribution is -0.353. The molecule has 108 valence electrons. The van der Waals surface area contributed by atoms with Crippen molar-refractivity contribution in [2.45, 2.75) is 64.3 Å². The van der Waals surface area contributed by atoms with Gasteiger partial charge in [0.05, 0.1) is 0 Å². The molecule has 0 amide bonds. The maximum atomic E-state index is 11.1. The number of rotatable bonds is 8. The van der Waals surface area contributed by atoms with Crippen LogP contribution in [0.2, 0.25) is 0 Å². The molecule has 0 radical (unpaired) electrons. The summed E-state index contributed by atoms with van der Waals surface area (Å²) in [5.41, 5.74) is 0. The Morgan fingerprint density at radius 1 is 0.889 bits per heavy atom. The van der Waals surface area contributed by atoms with Crippen molar-refractivity contribution >= 4 is 6.16 Å². The van der Waals surface area contributed by atoms with Gasteiger partial charge in [-0.2, -0.15) is 0 Å². The van der Waals surface area contributed by atoms with Crippen LogP contribution in [-0.2, 0) is 9.47 Å². The van der Waals surface area contributed by atoms with Crippen molar-refractivity contribution in [3.63, 3.8) is 0 Å². The zero-order valence-corrected chi connectivity index (χ0v) is 10.8. The van der Waals surface area contributed by atoms with Crippen molar-refractivity contribution in [1.29, 1.82) is 0 Å². The van der Waals surface area contributed by atoms with Gasteiger partial charge in [0.25, 0.3) is 0 Å². The highest BCUT2D eigenvalue weighted by Crippen LogP contribution is 2.17. The monoisotopic (exact) mass is 266 g/mol. The summed E-state index contributed by atoms with van der Waals surface area (Å²) in [5, 5.41) is 37.0. The first kappa shape index (κ1) is 17.1. The molecule has 0 saturated carbocycles. The third-order valence-electron chi connectivity index (χ3n) is 2.21. The van der Waals surface area contributed by atoms with Gasteiger partial charge in [-0.05, 0) is 12.8 Å². The van der Waals surface area contributed by atoms with Crippen LogP contribution >= 0.6 is 0 Å². The van der Waals surface area contributed by atoms with Crippen molar-refractivity contribution in [2.24, 2.45) is 0 Å². The topological polar surface area (TPSA) is 116 Å². The molecule has 0 aliphatic carbocycles. The Hall–Kier alpha value is -0.890. The average molecular weight is 266 g/mol. The van der Waals surface area contributed by atoms with E-state index in [0.717, 1.165) is 0 Å². The number of unbranched alkanes of at least 4 members (excludes halogenated alkanes) is 2. The van der Waals surface area contributed by atoms with Crippen molar-refractivity contribution in [1.82, 2.24) is 0 Å². The number of hydrogen-bond acceptors (Lipinski definition) is 7. The first-order valence-electron chi connectivity index (χ1n) is 6.04. The summed E-state index contributed by atoms with van der Waals surface area (Å²) in [4.78, 5) is 11.1. The fraction of sp³-hybridized carbons (Fsp3) is 0.909.